The molecule has 3 saturated heterocycles. The number of hydrogen-bond donors (Lipinski definition) is 4. The van der Waals surface area contributed by atoms with E-state index in [2.05, 4.69) is 21.3 Å². The van der Waals surface area contributed by atoms with Crippen LogP contribution in [0.25, 0.3) is 0 Å². The molecule has 0 aromatic carbocycles. The van der Waals surface area contributed by atoms with Crippen molar-refractivity contribution in [1.29, 1.82) is 0 Å². The Bertz CT molecular complexity index is 746. The highest BCUT2D eigenvalue weighted by Crippen LogP contribution is 2.40. The van der Waals surface area contributed by atoms with Crippen molar-refractivity contribution >= 4 is 51.2 Å². The van der Waals surface area contributed by atoms with Gasteiger partial charge in [0, 0.05) is 55.4 Å². The van der Waals surface area contributed by atoms with E-state index in [0.717, 1.165) is 56.6 Å². The first-order valence-electron chi connectivity index (χ1n) is 15.4. The number of rotatable bonds is 24. The smallest absolute Gasteiger partial charge is 0.316 e. The molecule has 3 fully saturated rings. The van der Waals surface area contributed by atoms with E-state index in [-0.39, 0.29) is 29.3 Å². The van der Waals surface area contributed by atoms with Crippen LogP contribution in [0.5, 0.6) is 0 Å². The zero-order valence-electron chi connectivity index (χ0n) is 24.3. The molecule has 13 heteroatoms. The average molecular weight is 635 g/mol. The maximum absolute atomic E-state index is 12.0. The predicted molar refractivity (Wildman–Crippen MR) is 168 cm³/mol. The molecule has 0 aliphatic carbocycles. The lowest BCUT2D eigenvalue weighted by molar-refractivity contribution is -0.122. The number of carbonyl (C=O) groups excluding carboxylic acids is 3. The standard InChI is InChI=1S/C28H50N4O6S3/c33-25(9-3-1-7-22-11-20-39-41-22)29-12-5-14-36-16-18-38-19-17-37-15-6-13-30-26(34)10-4-2-8-23-21-24-27(40-23)32-28(35)31-24/h22-24,27H,1-21H2,(H,29,33)(H,30,34)(H2,31,32,35). The molecule has 4 unspecified atom stereocenters. The van der Waals surface area contributed by atoms with Crippen LogP contribution in [0.4, 0.5) is 4.79 Å². The highest BCUT2D eigenvalue weighted by molar-refractivity contribution is 8.77. The van der Waals surface area contributed by atoms with Crippen molar-refractivity contribution in [3.05, 3.63) is 0 Å². The summed E-state index contributed by atoms with van der Waals surface area (Å²) in [6.07, 6.45) is 11.5. The van der Waals surface area contributed by atoms with Gasteiger partial charge in [-0.15, -0.1) is 11.8 Å². The first-order valence-corrected chi connectivity index (χ1v) is 18.7. The van der Waals surface area contributed by atoms with Gasteiger partial charge in [0.2, 0.25) is 11.8 Å². The zero-order valence-corrected chi connectivity index (χ0v) is 26.8. The summed E-state index contributed by atoms with van der Waals surface area (Å²) < 4.78 is 16.6. The largest absolute Gasteiger partial charge is 0.379 e. The normalized spacial score (nSPS) is 23.3. The van der Waals surface area contributed by atoms with E-state index in [9.17, 15) is 14.4 Å². The Morgan fingerprint density at radius 3 is 1.90 bits per heavy atom. The number of amides is 4. The van der Waals surface area contributed by atoms with Gasteiger partial charge in [-0.3, -0.25) is 9.59 Å². The van der Waals surface area contributed by atoms with Gasteiger partial charge < -0.3 is 35.5 Å². The monoisotopic (exact) mass is 634 g/mol. The number of ether oxygens (including phenoxy) is 3. The topological polar surface area (TPSA) is 127 Å². The summed E-state index contributed by atoms with van der Waals surface area (Å²) in [7, 11) is 3.98. The minimum Gasteiger partial charge on any atom is -0.379 e. The van der Waals surface area contributed by atoms with Crippen molar-refractivity contribution in [3.63, 3.8) is 0 Å². The Balaban J connectivity index is 0.964. The van der Waals surface area contributed by atoms with Crippen molar-refractivity contribution in [2.75, 3.05) is 58.5 Å². The lowest BCUT2D eigenvalue weighted by Crippen LogP contribution is -2.27. The Morgan fingerprint density at radius 1 is 0.756 bits per heavy atom. The maximum Gasteiger partial charge on any atom is 0.316 e. The quantitative estimate of drug-likeness (QED) is 0.0926. The average Bonchev–Trinajstić information content (AvgIpc) is 3.68. The van der Waals surface area contributed by atoms with Crippen LogP contribution in [0.2, 0.25) is 0 Å². The van der Waals surface area contributed by atoms with Crippen LogP contribution in [0.3, 0.4) is 0 Å². The number of carbonyl (C=O) groups is 3. The fourth-order valence-electron chi connectivity index (χ4n) is 4.96. The van der Waals surface area contributed by atoms with Gasteiger partial charge in [0.25, 0.3) is 0 Å². The number of nitrogens with one attached hydrogen (secondary N) is 4. The molecule has 4 N–H and O–H groups in total. The summed E-state index contributed by atoms with van der Waals surface area (Å²) >= 11 is 1.84. The zero-order chi connectivity index (χ0) is 29.0. The third-order valence-corrected chi connectivity index (χ3v) is 11.8. The van der Waals surface area contributed by atoms with E-state index in [0.29, 0.717) is 70.8 Å². The van der Waals surface area contributed by atoms with Gasteiger partial charge in [0.1, 0.15) is 0 Å². The van der Waals surface area contributed by atoms with Gasteiger partial charge in [-0.05, 0) is 51.4 Å². The van der Waals surface area contributed by atoms with E-state index >= 15 is 0 Å². The second-order valence-electron chi connectivity index (χ2n) is 10.7. The van der Waals surface area contributed by atoms with Gasteiger partial charge in [0.05, 0.1) is 37.8 Å². The summed E-state index contributed by atoms with van der Waals surface area (Å²) in [4.78, 5) is 35.2. The summed E-state index contributed by atoms with van der Waals surface area (Å²) in [5.41, 5.74) is 0. The molecule has 41 heavy (non-hydrogen) atoms. The van der Waals surface area contributed by atoms with Crippen LogP contribution in [-0.4, -0.2) is 98.2 Å². The van der Waals surface area contributed by atoms with E-state index in [1.54, 1.807) is 0 Å². The second kappa shape index (κ2) is 21.8. The number of thioether (sulfide) groups is 1. The van der Waals surface area contributed by atoms with E-state index in [1.165, 1.54) is 18.6 Å². The fourth-order valence-corrected chi connectivity index (χ4v) is 9.57. The maximum atomic E-state index is 12.0. The summed E-state index contributed by atoms with van der Waals surface area (Å²) in [6.45, 7) is 4.60. The molecular formula is C28H50N4O6S3. The molecule has 0 spiro atoms. The second-order valence-corrected chi connectivity index (χ2v) is 14.9. The van der Waals surface area contributed by atoms with Crippen LogP contribution in [-0.2, 0) is 23.8 Å². The van der Waals surface area contributed by atoms with Crippen LogP contribution in [0.1, 0.15) is 77.0 Å². The molecule has 0 bridgehead atoms. The Labute approximate surface area is 257 Å². The molecule has 0 aromatic rings. The summed E-state index contributed by atoms with van der Waals surface area (Å²) in [5.74, 6) is 1.52. The van der Waals surface area contributed by atoms with Gasteiger partial charge in [0.15, 0.2) is 0 Å². The highest BCUT2D eigenvalue weighted by Gasteiger charge is 2.40. The fraction of sp³-hybridized carbons (Fsp3) is 0.893. The molecule has 10 nitrogen and oxygen atoms in total. The van der Waals surface area contributed by atoms with Crippen LogP contribution in [0, 0.1) is 0 Å². The van der Waals surface area contributed by atoms with Crippen LogP contribution in [0.15, 0.2) is 0 Å². The third-order valence-electron chi connectivity index (χ3n) is 7.22. The molecule has 4 amide bonds. The number of hydrogen-bond acceptors (Lipinski definition) is 9. The minimum atomic E-state index is -0.0536. The van der Waals surface area contributed by atoms with Crippen molar-refractivity contribution in [3.8, 4) is 0 Å². The van der Waals surface area contributed by atoms with Gasteiger partial charge in [-0.25, -0.2) is 4.79 Å². The van der Waals surface area contributed by atoms with Gasteiger partial charge in [-0.2, -0.15) is 0 Å². The van der Waals surface area contributed by atoms with Gasteiger partial charge >= 0.3 is 6.03 Å². The molecule has 4 atom stereocenters. The lowest BCUT2D eigenvalue weighted by atomic mass is 10.1. The molecule has 3 aliphatic heterocycles. The first-order chi connectivity index (χ1) is 20.1. The van der Waals surface area contributed by atoms with Crippen molar-refractivity contribution in [2.45, 2.75) is 99.0 Å². The number of fused-ring (bicyclic) bond motifs is 1. The summed E-state index contributed by atoms with van der Waals surface area (Å²) in [6, 6.07) is 0.206. The van der Waals surface area contributed by atoms with E-state index < -0.39 is 0 Å². The Morgan fingerprint density at radius 2 is 1.34 bits per heavy atom. The molecule has 0 aromatic heterocycles. The molecular weight excluding hydrogens is 585 g/mol. The minimum absolute atomic E-state index is 0.0536. The van der Waals surface area contributed by atoms with E-state index in [1.807, 2.05) is 33.3 Å². The van der Waals surface area contributed by atoms with Gasteiger partial charge in [-0.1, -0.05) is 34.4 Å². The number of unbranched alkanes of at least 4 members (excludes halogenated alkanes) is 2. The lowest BCUT2D eigenvalue weighted by Gasteiger charge is -2.10. The van der Waals surface area contributed by atoms with Crippen molar-refractivity contribution in [2.24, 2.45) is 0 Å². The molecule has 3 heterocycles. The third kappa shape index (κ3) is 16.0. The molecule has 3 aliphatic rings. The SMILES string of the molecule is O=C(CCCCC1CCSS1)NCCCOCCOCCOCCCNC(=O)CCCCC1CC2NC(=O)NC2S1. The molecule has 0 radical (unpaired) electrons. The molecule has 0 saturated carbocycles. The Hall–Kier alpha value is -0.860. The predicted octanol–water partition coefficient (Wildman–Crippen LogP) is 3.84. The van der Waals surface area contributed by atoms with Crippen LogP contribution >= 0.6 is 33.3 Å². The molecule has 3 rings (SSSR count). The highest BCUT2D eigenvalue weighted by atomic mass is 33.1. The molecule has 236 valence electrons. The van der Waals surface area contributed by atoms with Crippen molar-refractivity contribution < 1.29 is 28.6 Å². The van der Waals surface area contributed by atoms with Crippen LogP contribution < -0.4 is 21.3 Å². The first kappa shape index (κ1) is 34.6. The Kier molecular flexibility index (Phi) is 18.4. The number of urea groups is 1. The van der Waals surface area contributed by atoms with E-state index in [4.69, 9.17) is 14.2 Å². The summed E-state index contributed by atoms with van der Waals surface area (Å²) in [5, 5.41) is 13.4. The van der Waals surface area contributed by atoms with Crippen molar-refractivity contribution in [1.82, 2.24) is 21.3 Å².